The summed E-state index contributed by atoms with van der Waals surface area (Å²) in [6.07, 6.45) is 0. The third-order valence-electron chi connectivity index (χ3n) is 4.72. The smallest absolute Gasteiger partial charge is 0.242 e. The molecule has 22 heavy (non-hydrogen) atoms. The molecule has 4 rings (SSSR count). The van der Waals surface area contributed by atoms with E-state index < -0.39 is 33.9 Å². The molecule has 1 saturated carbocycles. The van der Waals surface area contributed by atoms with Gasteiger partial charge in [0, 0.05) is 16.1 Å². The first kappa shape index (κ1) is 12.9. The van der Waals surface area contributed by atoms with Gasteiger partial charge in [0.15, 0.2) is 17.0 Å². The fourth-order valence-electron chi connectivity index (χ4n) is 3.74. The predicted molar refractivity (Wildman–Crippen MR) is 77.5 cm³/mol. The number of benzene rings is 2. The van der Waals surface area contributed by atoms with Crippen LogP contribution in [0.2, 0.25) is 0 Å². The third-order valence-corrected chi connectivity index (χ3v) is 4.72. The van der Waals surface area contributed by atoms with Crippen LogP contribution >= 0.6 is 0 Å². The van der Waals surface area contributed by atoms with Gasteiger partial charge in [0.25, 0.3) is 0 Å². The number of Topliss-reactive ketones (excluding diaryl/α,β-unsaturated/α-hetero) is 2. The Bertz CT molecular complexity index is 793. The van der Waals surface area contributed by atoms with Gasteiger partial charge in [-0.2, -0.15) is 0 Å². The summed E-state index contributed by atoms with van der Waals surface area (Å²) in [4.78, 5) is 36.5. The van der Waals surface area contributed by atoms with Crippen molar-refractivity contribution < 1.29 is 14.5 Å². The second-order valence-corrected chi connectivity index (χ2v) is 5.69. The van der Waals surface area contributed by atoms with E-state index in [9.17, 15) is 19.7 Å². The van der Waals surface area contributed by atoms with Gasteiger partial charge in [-0.1, -0.05) is 54.6 Å². The highest BCUT2D eigenvalue weighted by molar-refractivity contribution is 6.33. The first-order chi connectivity index (χ1) is 10.6. The number of carbonyl (C=O) groups excluding carboxylic acids is 2. The highest BCUT2D eigenvalue weighted by atomic mass is 16.6. The van der Waals surface area contributed by atoms with E-state index >= 15 is 0 Å². The van der Waals surface area contributed by atoms with Gasteiger partial charge in [-0.15, -0.1) is 0 Å². The number of nitrogens with zero attached hydrogens (tertiary/aromatic N) is 1. The molecular formula is C17H11NO4. The van der Waals surface area contributed by atoms with Gasteiger partial charge in [0.05, 0.1) is 5.92 Å². The molecule has 2 aliphatic rings. The number of fused-ring (bicyclic) bond motifs is 1. The minimum Gasteiger partial charge on any atom is -0.293 e. The largest absolute Gasteiger partial charge is 0.293 e. The Morgan fingerprint density at radius 1 is 0.864 bits per heavy atom. The van der Waals surface area contributed by atoms with Crippen molar-refractivity contribution in [2.45, 2.75) is 12.0 Å². The van der Waals surface area contributed by atoms with E-state index in [2.05, 4.69) is 0 Å². The average Bonchev–Trinajstić information content (AvgIpc) is 3.20. The summed E-state index contributed by atoms with van der Waals surface area (Å²) in [6, 6.07) is 14.1. The van der Waals surface area contributed by atoms with Crippen LogP contribution in [0.5, 0.6) is 0 Å². The van der Waals surface area contributed by atoms with E-state index in [1.165, 1.54) is 0 Å². The Labute approximate surface area is 125 Å². The molecule has 2 aliphatic carbocycles. The molecule has 2 atom stereocenters. The summed E-state index contributed by atoms with van der Waals surface area (Å²) in [6.45, 7) is 0. The molecule has 0 amide bonds. The normalized spacial score (nSPS) is 24.4. The minimum atomic E-state index is -1.55. The number of hydrogen-bond donors (Lipinski definition) is 0. The summed E-state index contributed by atoms with van der Waals surface area (Å²) >= 11 is 0. The van der Waals surface area contributed by atoms with E-state index in [-0.39, 0.29) is 0 Å². The van der Waals surface area contributed by atoms with Crippen molar-refractivity contribution in [3.05, 3.63) is 81.4 Å². The predicted octanol–water partition coefficient (Wildman–Crippen LogP) is 2.49. The van der Waals surface area contributed by atoms with Gasteiger partial charge >= 0.3 is 0 Å². The van der Waals surface area contributed by atoms with Crippen LogP contribution in [0.25, 0.3) is 0 Å². The SMILES string of the molecule is O=C1c2ccccc2C(=O)C12[C@@H]([N+](=O)[O-])[C@@H]2c1ccccc1. The molecule has 108 valence electrons. The van der Waals surface area contributed by atoms with Gasteiger partial charge in [-0.25, -0.2) is 0 Å². The van der Waals surface area contributed by atoms with Gasteiger partial charge in [-0.05, 0) is 5.56 Å². The summed E-state index contributed by atoms with van der Waals surface area (Å²) in [5.41, 5.74) is -0.275. The fraction of sp³-hybridized carbons (Fsp3) is 0.176. The van der Waals surface area contributed by atoms with Crippen LogP contribution in [0.3, 0.4) is 0 Å². The highest BCUT2D eigenvalue weighted by Gasteiger charge is 2.84. The molecule has 0 radical (unpaired) electrons. The zero-order valence-electron chi connectivity index (χ0n) is 11.4. The maximum Gasteiger partial charge on any atom is 0.242 e. The van der Waals surface area contributed by atoms with E-state index in [1.807, 2.05) is 0 Å². The minimum absolute atomic E-state index is 0.304. The first-order valence-corrected chi connectivity index (χ1v) is 6.97. The average molecular weight is 293 g/mol. The number of nitro groups is 1. The monoisotopic (exact) mass is 293 g/mol. The standard InChI is InChI=1S/C17H11NO4/c19-15-11-8-4-5-9-12(11)16(20)17(15)13(14(17)18(21)22)10-6-2-1-3-7-10/h1-9,13-14H/t13-,14-/m0/s1. The molecule has 1 fully saturated rings. The molecule has 0 aliphatic heterocycles. The lowest BCUT2D eigenvalue weighted by atomic mass is 9.93. The van der Waals surface area contributed by atoms with Crippen LogP contribution in [0.4, 0.5) is 0 Å². The number of rotatable bonds is 2. The van der Waals surface area contributed by atoms with Crippen molar-refractivity contribution in [2.75, 3.05) is 0 Å². The van der Waals surface area contributed by atoms with Crippen molar-refractivity contribution in [1.29, 1.82) is 0 Å². The first-order valence-electron chi connectivity index (χ1n) is 6.97. The van der Waals surface area contributed by atoms with Gasteiger partial charge in [0.2, 0.25) is 6.04 Å². The quantitative estimate of drug-likeness (QED) is 0.484. The lowest BCUT2D eigenvalue weighted by Crippen LogP contribution is -2.25. The van der Waals surface area contributed by atoms with Crippen LogP contribution in [0.15, 0.2) is 54.6 Å². The molecule has 0 aromatic heterocycles. The maximum absolute atomic E-state index is 12.8. The van der Waals surface area contributed by atoms with Crippen LogP contribution in [-0.2, 0) is 0 Å². The molecule has 0 bridgehead atoms. The van der Waals surface area contributed by atoms with Crippen LogP contribution in [0, 0.1) is 15.5 Å². The summed E-state index contributed by atoms with van der Waals surface area (Å²) < 4.78 is 0. The molecule has 0 heterocycles. The fourth-order valence-corrected chi connectivity index (χ4v) is 3.74. The Balaban J connectivity index is 1.90. The summed E-state index contributed by atoms with van der Waals surface area (Å²) in [7, 11) is 0. The van der Waals surface area contributed by atoms with Gasteiger partial charge in [-0.3, -0.25) is 19.7 Å². The maximum atomic E-state index is 12.8. The van der Waals surface area contributed by atoms with E-state index in [0.717, 1.165) is 0 Å². The molecule has 0 unspecified atom stereocenters. The number of hydrogen-bond acceptors (Lipinski definition) is 4. The molecule has 2 aromatic rings. The number of ketones is 2. The van der Waals surface area contributed by atoms with Crippen molar-refractivity contribution in [3.63, 3.8) is 0 Å². The summed E-state index contributed by atoms with van der Waals surface area (Å²) in [5, 5.41) is 11.4. The molecule has 5 nitrogen and oxygen atoms in total. The molecule has 2 aromatic carbocycles. The second kappa shape index (κ2) is 4.10. The van der Waals surface area contributed by atoms with Gasteiger partial charge in [0.1, 0.15) is 0 Å². The zero-order valence-corrected chi connectivity index (χ0v) is 11.4. The lowest BCUT2D eigenvalue weighted by molar-refractivity contribution is -0.500. The molecule has 1 spiro atoms. The molecule has 0 saturated heterocycles. The number of carbonyl (C=O) groups is 2. The van der Waals surface area contributed by atoms with E-state index in [1.54, 1.807) is 54.6 Å². The highest BCUT2D eigenvalue weighted by Crippen LogP contribution is 2.66. The van der Waals surface area contributed by atoms with E-state index in [4.69, 9.17) is 0 Å². The zero-order chi connectivity index (χ0) is 15.5. The van der Waals surface area contributed by atoms with Crippen LogP contribution in [0.1, 0.15) is 32.2 Å². The van der Waals surface area contributed by atoms with Crippen molar-refractivity contribution in [1.82, 2.24) is 0 Å². The van der Waals surface area contributed by atoms with Crippen molar-refractivity contribution in [3.8, 4) is 0 Å². The van der Waals surface area contributed by atoms with E-state index in [0.29, 0.717) is 16.7 Å². The van der Waals surface area contributed by atoms with Crippen LogP contribution in [-0.4, -0.2) is 22.5 Å². The molecule has 5 heteroatoms. The molecule has 0 N–H and O–H groups in total. The lowest BCUT2D eigenvalue weighted by Gasteiger charge is -2.03. The Hall–Kier alpha value is -2.82. The second-order valence-electron chi connectivity index (χ2n) is 5.69. The summed E-state index contributed by atoms with van der Waals surface area (Å²) in [5.74, 6) is -1.51. The van der Waals surface area contributed by atoms with Crippen molar-refractivity contribution >= 4 is 11.6 Å². The Morgan fingerprint density at radius 2 is 1.36 bits per heavy atom. The van der Waals surface area contributed by atoms with Crippen molar-refractivity contribution in [2.24, 2.45) is 5.41 Å². The molecular weight excluding hydrogens is 282 g/mol. The van der Waals surface area contributed by atoms with Crippen LogP contribution < -0.4 is 0 Å². The Morgan fingerprint density at radius 3 is 1.86 bits per heavy atom. The third kappa shape index (κ3) is 1.33. The Kier molecular flexibility index (Phi) is 2.40. The topological polar surface area (TPSA) is 77.3 Å². The van der Waals surface area contributed by atoms with Gasteiger partial charge < -0.3 is 0 Å².